The zero-order valence-corrected chi connectivity index (χ0v) is 19.3. The molecule has 8 heteroatoms. The van der Waals surface area contributed by atoms with Crippen LogP contribution in [0.4, 0.5) is 5.13 Å². The maximum absolute atomic E-state index is 13.0. The van der Waals surface area contributed by atoms with Crippen LogP contribution in [0.25, 0.3) is 6.08 Å². The molecule has 0 atom stereocenters. The SMILES string of the molecule is CCCCCN(C(=O)C=Cc1ccc(C(=O)NC)cc1)c1nc(C)c(C(=O)OCC)s1. The van der Waals surface area contributed by atoms with Crippen LogP contribution in [-0.2, 0) is 9.53 Å². The molecule has 2 rings (SSSR count). The van der Waals surface area contributed by atoms with Crippen LogP contribution in [0, 0.1) is 6.92 Å². The van der Waals surface area contributed by atoms with Crippen molar-refractivity contribution in [2.24, 2.45) is 0 Å². The Kier molecular flexibility index (Phi) is 9.40. The molecule has 1 aromatic carbocycles. The van der Waals surface area contributed by atoms with Crippen molar-refractivity contribution in [1.82, 2.24) is 10.3 Å². The molecule has 0 saturated heterocycles. The van der Waals surface area contributed by atoms with Crippen molar-refractivity contribution < 1.29 is 19.1 Å². The number of rotatable bonds is 10. The maximum atomic E-state index is 13.0. The van der Waals surface area contributed by atoms with Crippen LogP contribution in [0.15, 0.2) is 30.3 Å². The highest BCUT2D eigenvalue weighted by Crippen LogP contribution is 2.27. The highest BCUT2D eigenvalue weighted by Gasteiger charge is 2.22. The van der Waals surface area contributed by atoms with E-state index in [-0.39, 0.29) is 18.4 Å². The molecule has 1 aromatic heterocycles. The Bertz CT molecular complexity index is 935. The molecule has 0 aliphatic heterocycles. The Balaban J connectivity index is 2.22. The van der Waals surface area contributed by atoms with Gasteiger partial charge in [0, 0.05) is 25.2 Å². The number of nitrogens with one attached hydrogen (secondary N) is 1. The van der Waals surface area contributed by atoms with Crippen LogP contribution in [0.2, 0.25) is 0 Å². The summed E-state index contributed by atoms with van der Waals surface area (Å²) in [7, 11) is 1.58. The van der Waals surface area contributed by atoms with Gasteiger partial charge in [-0.1, -0.05) is 43.2 Å². The van der Waals surface area contributed by atoms with Crippen molar-refractivity contribution in [2.45, 2.75) is 40.0 Å². The number of amides is 2. The summed E-state index contributed by atoms with van der Waals surface area (Å²) in [5.74, 6) is -0.794. The summed E-state index contributed by atoms with van der Waals surface area (Å²) >= 11 is 1.17. The van der Waals surface area contributed by atoms with Gasteiger partial charge in [0.15, 0.2) is 5.13 Å². The van der Waals surface area contributed by atoms with Gasteiger partial charge < -0.3 is 10.1 Å². The molecule has 0 bridgehead atoms. The summed E-state index contributed by atoms with van der Waals surface area (Å²) in [4.78, 5) is 43.2. The largest absolute Gasteiger partial charge is 0.462 e. The second kappa shape index (κ2) is 12.0. The number of hydrogen-bond acceptors (Lipinski definition) is 6. The second-order valence-electron chi connectivity index (χ2n) is 6.86. The predicted octanol–water partition coefficient (Wildman–Crippen LogP) is 4.22. The lowest BCUT2D eigenvalue weighted by atomic mass is 10.1. The van der Waals surface area contributed by atoms with Crippen LogP contribution in [0.1, 0.15) is 64.4 Å². The third kappa shape index (κ3) is 6.75. The molecule has 0 fully saturated rings. The number of aryl methyl sites for hydroxylation is 1. The first-order valence-corrected chi connectivity index (χ1v) is 11.2. The van der Waals surface area contributed by atoms with E-state index in [0.29, 0.717) is 27.8 Å². The minimum absolute atomic E-state index is 0.162. The van der Waals surface area contributed by atoms with Crippen LogP contribution >= 0.6 is 11.3 Å². The smallest absolute Gasteiger partial charge is 0.350 e. The van der Waals surface area contributed by atoms with Gasteiger partial charge in [0.25, 0.3) is 11.8 Å². The molecule has 0 radical (unpaired) electrons. The number of aromatic nitrogens is 1. The number of anilines is 1. The van der Waals surface area contributed by atoms with Crippen molar-refractivity contribution in [3.63, 3.8) is 0 Å². The summed E-state index contributed by atoms with van der Waals surface area (Å²) in [5, 5.41) is 3.06. The summed E-state index contributed by atoms with van der Waals surface area (Å²) in [5.41, 5.74) is 1.91. The van der Waals surface area contributed by atoms with E-state index in [0.717, 1.165) is 24.8 Å². The Morgan fingerprint density at radius 2 is 1.87 bits per heavy atom. The minimum atomic E-state index is -0.420. The first-order valence-electron chi connectivity index (χ1n) is 10.4. The molecular weight excluding hydrogens is 414 g/mol. The quantitative estimate of drug-likeness (QED) is 0.337. The normalized spacial score (nSPS) is 10.8. The van der Waals surface area contributed by atoms with Gasteiger partial charge in [0.05, 0.1) is 12.3 Å². The Labute approximate surface area is 187 Å². The molecule has 1 heterocycles. The molecule has 1 N–H and O–H groups in total. The first kappa shape index (κ1) is 24.3. The number of nitrogens with zero attached hydrogens (tertiary/aromatic N) is 2. The van der Waals surface area contributed by atoms with E-state index in [1.54, 1.807) is 56.1 Å². The highest BCUT2D eigenvalue weighted by atomic mass is 32.1. The van der Waals surface area contributed by atoms with Gasteiger partial charge in [0.2, 0.25) is 0 Å². The molecule has 0 aliphatic rings. The third-order valence-electron chi connectivity index (χ3n) is 4.55. The zero-order valence-electron chi connectivity index (χ0n) is 18.4. The average Bonchev–Trinajstić information content (AvgIpc) is 3.16. The van der Waals surface area contributed by atoms with Crippen molar-refractivity contribution in [3.05, 3.63) is 52.0 Å². The van der Waals surface area contributed by atoms with Gasteiger partial charge in [-0.2, -0.15) is 0 Å². The fraction of sp³-hybridized carbons (Fsp3) is 0.391. The van der Waals surface area contributed by atoms with E-state index >= 15 is 0 Å². The lowest BCUT2D eigenvalue weighted by molar-refractivity contribution is -0.114. The van der Waals surface area contributed by atoms with Gasteiger partial charge in [0.1, 0.15) is 4.88 Å². The first-order chi connectivity index (χ1) is 14.9. The van der Waals surface area contributed by atoms with Crippen LogP contribution in [0.3, 0.4) is 0 Å². The van der Waals surface area contributed by atoms with E-state index in [9.17, 15) is 14.4 Å². The van der Waals surface area contributed by atoms with Gasteiger partial charge in [-0.3, -0.25) is 14.5 Å². The lowest BCUT2D eigenvalue weighted by Crippen LogP contribution is -2.30. The Morgan fingerprint density at radius 3 is 2.48 bits per heavy atom. The zero-order chi connectivity index (χ0) is 22.8. The lowest BCUT2D eigenvalue weighted by Gasteiger charge is -2.18. The number of thiazole rings is 1. The van der Waals surface area contributed by atoms with E-state index in [1.807, 2.05) is 0 Å². The van der Waals surface area contributed by atoms with Gasteiger partial charge in [-0.15, -0.1) is 0 Å². The van der Waals surface area contributed by atoms with Crippen LogP contribution in [-0.4, -0.2) is 43.0 Å². The number of benzene rings is 1. The molecule has 0 saturated carbocycles. The number of esters is 1. The van der Waals surface area contributed by atoms with E-state index in [2.05, 4.69) is 17.2 Å². The second-order valence-corrected chi connectivity index (χ2v) is 7.84. The van der Waals surface area contributed by atoms with Gasteiger partial charge in [-0.05, 0) is 44.0 Å². The molecule has 0 aliphatic carbocycles. The van der Waals surface area contributed by atoms with E-state index in [1.165, 1.54) is 17.4 Å². The molecule has 0 unspecified atom stereocenters. The molecule has 2 amide bonds. The molecule has 31 heavy (non-hydrogen) atoms. The van der Waals surface area contributed by atoms with E-state index in [4.69, 9.17) is 4.74 Å². The fourth-order valence-electron chi connectivity index (χ4n) is 2.85. The standard InChI is InChI=1S/C23H29N3O4S/c1-5-7-8-15-26(23-25-16(3)20(31-23)22(29)30-6-2)19(27)14-11-17-9-12-18(13-10-17)21(28)24-4/h9-14H,5-8,15H2,1-4H3,(H,24,28). The molecule has 2 aromatic rings. The van der Waals surface area contributed by atoms with Crippen molar-refractivity contribution in [3.8, 4) is 0 Å². The van der Waals surface area contributed by atoms with Crippen molar-refractivity contribution in [1.29, 1.82) is 0 Å². The number of unbranched alkanes of at least 4 members (excludes halogenated alkanes) is 2. The minimum Gasteiger partial charge on any atom is -0.462 e. The predicted molar refractivity (Wildman–Crippen MR) is 124 cm³/mol. The molecule has 0 spiro atoms. The average molecular weight is 444 g/mol. The summed E-state index contributed by atoms with van der Waals surface area (Å²) in [6, 6.07) is 6.97. The fourth-order valence-corrected chi connectivity index (χ4v) is 3.84. The highest BCUT2D eigenvalue weighted by molar-refractivity contribution is 7.17. The number of hydrogen-bond donors (Lipinski definition) is 1. The van der Waals surface area contributed by atoms with Crippen molar-refractivity contribution in [2.75, 3.05) is 25.1 Å². The van der Waals surface area contributed by atoms with Crippen LogP contribution < -0.4 is 10.2 Å². The monoisotopic (exact) mass is 443 g/mol. The van der Waals surface area contributed by atoms with Crippen LogP contribution in [0.5, 0.6) is 0 Å². The number of carbonyl (C=O) groups excluding carboxylic acids is 3. The van der Waals surface area contributed by atoms with Crippen molar-refractivity contribution >= 4 is 40.3 Å². The summed E-state index contributed by atoms with van der Waals surface area (Å²) in [6.45, 7) is 6.39. The summed E-state index contributed by atoms with van der Waals surface area (Å²) in [6.07, 6.45) is 6.05. The third-order valence-corrected chi connectivity index (χ3v) is 5.71. The van der Waals surface area contributed by atoms with Gasteiger partial charge in [-0.25, -0.2) is 9.78 Å². The Morgan fingerprint density at radius 1 is 1.16 bits per heavy atom. The van der Waals surface area contributed by atoms with E-state index < -0.39 is 5.97 Å². The maximum Gasteiger partial charge on any atom is 0.350 e. The molecule has 166 valence electrons. The molecule has 7 nitrogen and oxygen atoms in total. The molecular formula is C23H29N3O4S. The topological polar surface area (TPSA) is 88.6 Å². The Hall–Kier alpha value is -3.00. The number of ether oxygens (including phenoxy) is 1. The van der Waals surface area contributed by atoms with Gasteiger partial charge >= 0.3 is 5.97 Å². The summed E-state index contributed by atoms with van der Waals surface area (Å²) < 4.78 is 5.09. The number of carbonyl (C=O) groups is 3.